The van der Waals surface area contributed by atoms with Crippen LogP contribution < -0.4 is 15.3 Å². The van der Waals surface area contributed by atoms with Gasteiger partial charge in [0.05, 0.1) is 12.8 Å². The van der Waals surface area contributed by atoms with Crippen molar-refractivity contribution in [1.29, 1.82) is 0 Å². The fourth-order valence-electron chi connectivity index (χ4n) is 4.67. The van der Waals surface area contributed by atoms with Gasteiger partial charge in [-0.3, -0.25) is 4.90 Å². The number of hydrogen-bond acceptors (Lipinski definition) is 6. The minimum Gasteiger partial charge on any atom is -0.495 e. The average molecular weight is 487 g/mol. The molecule has 0 radical (unpaired) electrons. The number of fused-ring (bicyclic) bond motifs is 1. The van der Waals surface area contributed by atoms with Crippen LogP contribution in [0.15, 0.2) is 93.0 Å². The first-order chi connectivity index (χ1) is 17.2. The summed E-state index contributed by atoms with van der Waals surface area (Å²) in [6.45, 7) is 5.24. The lowest BCUT2D eigenvalue weighted by Crippen LogP contribution is -2.46. The molecule has 0 N–H and O–H groups in total. The molecule has 0 amide bonds. The maximum atomic E-state index is 12.2. The normalized spacial score (nSPS) is 14.4. The summed E-state index contributed by atoms with van der Waals surface area (Å²) in [4.78, 5) is 18.3. The molecule has 1 aromatic heterocycles. The van der Waals surface area contributed by atoms with Gasteiger partial charge in [-0.15, -0.1) is 11.8 Å². The molecule has 3 aromatic carbocycles. The lowest BCUT2D eigenvalue weighted by Gasteiger charge is -2.36. The highest BCUT2D eigenvalue weighted by molar-refractivity contribution is 7.99. The fraction of sp³-hybridized carbons (Fsp3) is 0.276. The molecule has 0 saturated carbocycles. The molecular weight excluding hydrogens is 456 g/mol. The first-order valence-electron chi connectivity index (χ1n) is 12.1. The van der Waals surface area contributed by atoms with Crippen LogP contribution in [-0.2, 0) is 0 Å². The molecule has 5 nitrogen and oxygen atoms in total. The van der Waals surface area contributed by atoms with Crippen molar-refractivity contribution in [3.8, 4) is 16.9 Å². The second-order valence-corrected chi connectivity index (χ2v) is 9.87. The van der Waals surface area contributed by atoms with Crippen molar-refractivity contribution < 1.29 is 9.15 Å². The third-order valence-electron chi connectivity index (χ3n) is 6.49. The number of hydrogen-bond donors (Lipinski definition) is 0. The topological polar surface area (TPSA) is 45.9 Å². The van der Waals surface area contributed by atoms with E-state index in [1.807, 2.05) is 60.3 Å². The number of ether oxygens (including phenoxy) is 1. The molecule has 180 valence electrons. The summed E-state index contributed by atoms with van der Waals surface area (Å²) in [6.07, 6.45) is 1.12. The second kappa shape index (κ2) is 11.0. The van der Waals surface area contributed by atoms with Crippen LogP contribution in [0.3, 0.4) is 0 Å². The third kappa shape index (κ3) is 5.55. The smallest absolute Gasteiger partial charge is 0.336 e. The number of anilines is 1. The van der Waals surface area contributed by atoms with Crippen LogP contribution in [0, 0.1) is 0 Å². The molecule has 1 aliphatic heterocycles. The molecule has 4 aromatic rings. The Morgan fingerprint density at radius 3 is 2.49 bits per heavy atom. The maximum absolute atomic E-state index is 12.2. The highest BCUT2D eigenvalue weighted by atomic mass is 32.2. The Balaban J connectivity index is 1.14. The monoisotopic (exact) mass is 486 g/mol. The zero-order chi connectivity index (χ0) is 24.0. The van der Waals surface area contributed by atoms with Crippen molar-refractivity contribution in [2.45, 2.75) is 11.3 Å². The summed E-state index contributed by atoms with van der Waals surface area (Å²) in [6, 6.07) is 26.0. The van der Waals surface area contributed by atoms with E-state index >= 15 is 0 Å². The van der Waals surface area contributed by atoms with Gasteiger partial charge in [0.15, 0.2) is 0 Å². The van der Waals surface area contributed by atoms with Gasteiger partial charge in [-0.25, -0.2) is 4.79 Å². The third-order valence-corrected chi connectivity index (χ3v) is 7.57. The number of methoxy groups -OCH3 is 1. The summed E-state index contributed by atoms with van der Waals surface area (Å²) in [7, 11) is 1.73. The van der Waals surface area contributed by atoms with E-state index in [0.29, 0.717) is 5.58 Å². The first kappa shape index (κ1) is 23.5. The van der Waals surface area contributed by atoms with E-state index in [0.717, 1.165) is 72.1 Å². The Labute approximate surface area is 210 Å². The van der Waals surface area contributed by atoms with Crippen molar-refractivity contribution in [2.75, 3.05) is 50.5 Å². The van der Waals surface area contributed by atoms with Gasteiger partial charge < -0.3 is 14.1 Å². The SMILES string of the molecule is COc1ccccc1N1CCN(CCCSc2ccc3c(-c4ccccc4)cc(=O)oc3c2)CC1. The highest BCUT2D eigenvalue weighted by Crippen LogP contribution is 2.31. The predicted octanol–water partition coefficient (Wildman–Crippen LogP) is 5.77. The summed E-state index contributed by atoms with van der Waals surface area (Å²) < 4.78 is 11.1. The van der Waals surface area contributed by atoms with E-state index in [1.165, 1.54) is 5.69 Å². The van der Waals surface area contributed by atoms with Crippen molar-refractivity contribution in [2.24, 2.45) is 0 Å². The summed E-state index contributed by atoms with van der Waals surface area (Å²) in [5, 5.41) is 0.966. The van der Waals surface area contributed by atoms with Gasteiger partial charge in [-0.1, -0.05) is 42.5 Å². The number of piperazine rings is 1. The van der Waals surface area contributed by atoms with Crippen molar-refractivity contribution >= 4 is 28.4 Å². The summed E-state index contributed by atoms with van der Waals surface area (Å²) in [5.41, 5.74) is 3.46. The maximum Gasteiger partial charge on any atom is 0.336 e. The summed E-state index contributed by atoms with van der Waals surface area (Å²) >= 11 is 1.82. The number of para-hydroxylation sites is 2. The van der Waals surface area contributed by atoms with E-state index in [1.54, 1.807) is 13.2 Å². The quantitative estimate of drug-likeness (QED) is 0.179. The van der Waals surface area contributed by atoms with Crippen LogP contribution in [0.2, 0.25) is 0 Å². The van der Waals surface area contributed by atoms with Crippen molar-refractivity contribution in [1.82, 2.24) is 4.90 Å². The molecule has 5 rings (SSSR count). The molecule has 0 aliphatic carbocycles. The Morgan fingerprint density at radius 1 is 0.914 bits per heavy atom. The Bertz CT molecular complexity index is 1330. The molecule has 0 atom stereocenters. The molecule has 0 unspecified atom stereocenters. The zero-order valence-electron chi connectivity index (χ0n) is 20.0. The lowest BCUT2D eigenvalue weighted by molar-refractivity contribution is 0.258. The lowest BCUT2D eigenvalue weighted by atomic mass is 10.0. The van der Waals surface area contributed by atoms with E-state index < -0.39 is 0 Å². The van der Waals surface area contributed by atoms with Gasteiger partial charge in [-0.2, -0.15) is 0 Å². The van der Waals surface area contributed by atoms with Crippen molar-refractivity contribution in [3.05, 3.63) is 89.3 Å². The van der Waals surface area contributed by atoms with Crippen LogP contribution in [0.5, 0.6) is 5.75 Å². The molecular formula is C29H30N2O3S. The first-order valence-corrected chi connectivity index (χ1v) is 13.1. The van der Waals surface area contributed by atoms with Gasteiger partial charge in [-0.05, 0) is 60.2 Å². The molecule has 1 saturated heterocycles. The number of thioether (sulfide) groups is 1. The fourth-order valence-corrected chi connectivity index (χ4v) is 5.53. The van der Waals surface area contributed by atoms with Crippen LogP contribution in [0.1, 0.15) is 6.42 Å². The van der Waals surface area contributed by atoms with Crippen LogP contribution in [-0.4, -0.2) is 50.5 Å². The molecule has 35 heavy (non-hydrogen) atoms. The number of rotatable bonds is 8. The second-order valence-electron chi connectivity index (χ2n) is 8.71. The Hall–Kier alpha value is -3.22. The van der Waals surface area contributed by atoms with Crippen LogP contribution in [0.4, 0.5) is 5.69 Å². The molecule has 1 aliphatic rings. The van der Waals surface area contributed by atoms with E-state index in [-0.39, 0.29) is 5.63 Å². The number of benzene rings is 3. The average Bonchev–Trinajstić information content (AvgIpc) is 2.91. The van der Waals surface area contributed by atoms with E-state index in [9.17, 15) is 4.79 Å². The number of nitrogens with zero attached hydrogens (tertiary/aromatic N) is 2. The van der Waals surface area contributed by atoms with Crippen molar-refractivity contribution in [3.63, 3.8) is 0 Å². The van der Waals surface area contributed by atoms with Gasteiger partial charge in [0, 0.05) is 42.5 Å². The minimum absolute atomic E-state index is 0.314. The Kier molecular flexibility index (Phi) is 7.40. The molecule has 0 bridgehead atoms. The molecule has 0 spiro atoms. The molecule has 2 heterocycles. The van der Waals surface area contributed by atoms with Crippen LogP contribution in [0.25, 0.3) is 22.1 Å². The van der Waals surface area contributed by atoms with Gasteiger partial charge in [0.25, 0.3) is 0 Å². The summed E-state index contributed by atoms with van der Waals surface area (Å²) in [5.74, 6) is 1.97. The largest absolute Gasteiger partial charge is 0.495 e. The molecule has 6 heteroatoms. The highest BCUT2D eigenvalue weighted by Gasteiger charge is 2.19. The van der Waals surface area contributed by atoms with E-state index in [2.05, 4.69) is 34.1 Å². The van der Waals surface area contributed by atoms with Gasteiger partial charge in [0.2, 0.25) is 0 Å². The molecule has 1 fully saturated rings. The predicted molar refractivity (Wildman–Crippen MR) is 145 cm³/mol. The Morgan fingerprint density at radius 2 is 1.69 bits per heavy atom. The zero-order valence-corrected chi connectivity index (χ0v) is 20.8. The minimum atomic E-state index is -0.314. The standard InChI is InChI=1S/C29H30N2O3S/c1-33-27-11-6-5-10-26(27)31-17-15-30(16-18-31)14-7-19-35-23-12-13-24-25(22-8-3-2-4-9-22)21-29(32)34-28(24)20-23/h2-6,8-13,20-21H,7,14-19H2,1H3. The van der Waals surface area contributed by atoms with E-state index in [4.69, 9.17) is 9.15 Å². The van der Waals surface area contributed by atoms with Gasteiger partial charge in [0.1, 0.15) is 11.3 Å². The van der Waals surface area contributed by atoms with Crippen LogP contribution >= 0.6 is 11.8 Å². The van der Waals surface area contributed by atoms with Gasteiger partial charge >= 0.3 is 5.63 Å².